The van der Waals surface area contributed by atoms with Crippen LogP contribution in [0, 0.1) is 5.41 Å². The van der Waals surface area contributed by atoms with E-state index in [2.05, 4.69) is 0 Å². The van der Waals surface area contributed by atoms with Crippen LogP contribution in [0.3, 0.4) is 0 Å². The smallest absolute Gasteiger partial charge is 0.316 e. The molecule has 0 aliphatic carbocycles. The van der Waals surface area contributed by atoms with Crippen molar-refractivity contribution >= 4 is 11.8 Å². The lowest BCUT2D eigenvalue weighted by Crippen LogP contribution is -2.36. The molecule has 0 bridgehead atoms. The van der Waals surface area contributed by atoms with E-state index >= 15 is 0 Å². The Morgan fingerprint density at radius 3 is 1.94 bits per heavy atom. The second-order valence-electron chi connectivity index (χ2n) is 4.68. The predicted molar refractivity (Wildman–Crippen MR) is 68.9 cm³/mol. The molecule has 0 amide bonds. The summed E-state index contributed by atoms with van der Waals surface area (Å²) in [7, 11) is 0. The zero-order chi connectivity index (χ0) is 13.6. The molecular weight excluding hydrogens is 216 g/mol. The van der Waals surface area contributed by atoms with Gasteiger partial charge in [-0.2, -0.15) is 0 Å². The summed E-state index contributed by atoms with van der Waals surface area (Å²) in [4.78, 5) is 23.3. The highest BCUT2D eigenvalue weighted by Gasteiger charge is 2.38. The highest BCUT2D eigenvalue weighted by atomic mass is 16.4. The first kappa shape index (κ1) is 15.9. The number of aliphatic carboxylic acids is 1. The molecule has 0 radical (unpaired) electrons. The van der Waals surface area contributed by atoms with Crippen molar-refractivity contribution in [2.24, 2.45) is 5.41 Å². The van der Waals surface area contributed by atoms with Crippen molar-refractivity contribution in [2.45, 2.75) is 60.3 Å². The summed E-state index contributed by atoms with van der Waals surface area (Å²) >= 11 is 0. The molecule has 17 heavy (non-hydrogen) atoms. The molecule has 0 aliphatic rings. The number of Topliss-reactive ketones (excluding diaryl/α,β-unsaturated/α-hetero) is 1. The van der Waals surface area contributed by atoms with Crippen LogP contribution in [-0.2, 0) is 9.59 Å². The minimum absolute atomic E-state index is 0.183. The number of rotatable bonds is 7. The van der Waals surface area contributed by atoms with Crippen LogP contribution in [0.15, 0.2) is 11.1 Å². The van der Waals surface area contributed by atoms with Gasteiger partial charge in [0.05, 0.1) is 0 Å². The summed E-state index contributed by atoms with van der Waals surface area (Å²) in [5, 5.41) is 9.15. The van der Waals surface area contributed by atoms with Crippen molar-refractivity contribution in [1.29, 1.82) is 0 Å². The monoisotopic (exact) mass is 240 g/mol. The molecular formula is C14H24O3. The fraction of sp³-hybridized carbons (Fsp3) is 0.714. The number of carboxylic acid groups (broad SMARTS) is 1. The van der Waals surface area contributed by atoms with E-state index in [1.807, 2.05) is 20.8 Å². The Bertz CT molecular complexity index is 328. The molecule has 0 spiro atoms. The van der Waals surface area contributed by atoms with Crippen LogP contribution < -0.4 is 0 Å². The molecule has 0 heterocycles. The largest absolute Gasteiger partial charge is 0.481 e. The van der Waals surface area contributed by atoms with Gasteiger partial charge in [0.15, 0.2) is 5.78 Å². The van der Waals surface area contributed by atoms with E-state index in [1.54, 1.807) is 6.92 Å². The first-order valence-electron chi connectivity index (χ1n) is 6.27. The molecule has 0 rings (SSSR count). The van der Waals surface area contributed by atoms with Gasteiger partial charge in [-0.05, 0) is 33.1 Å². The van der Waals surface area contributed by atoms with Gasteiger partial charge >= 0.3 is 5.97 Å². The van der Waals surface area contributed by atoms with Crippen LogP contribution >= 0.6 is 0 Å². The van der Waals surface area contributed by atoms with Gasteiger partial charge in [-0.25, -0.2) is 0 Å². The lowest BCUT2D eigenvalue weighted by molar-refractivity contribution is -0.153. The molecule has 1 atom stereocenters. The minimum atomic E-state index is -1.24. The second kappa shape index (κ2) is 6.58. The molecule has 0 fully saturated rings. The average molecular weight is 240 g/mol. The van der Waals surface area contributed by atoms with Crippen LogP contribution in [0.5, 0.6) is 0 Å². The molecule has 0 aromatic carbocycles. The third-order valence-corrected chi connectivity index (χ3v) is 3.73. The zero-order valence-corrected chi connectivity index (χ0v) is 11.6. The van der Waals surface area contributed by atoms with Crippen molar-refractivity contribution in [2.75, 3.05) is 0 Å². The van der Waals surface area contributed by atoms with Gasteiger partial charge < -0.3 is 5.11 Å². The first-order valence-corrected chi connectivity index (χ1v) is 6.27. The van der Waals surface area contributed by atoms with Gasteiger partial charge in [0.25, 0.3) is 0 Å². The Hall–Kier alpha value is -1.12. The molecule has 0 aromatic rings. The predicted octanol–water partition coefficient (Wildman–Crippen LogP) is 3.58. The van der Waals surface area contributed by atoms with E-state index in [4.69, 9.17) is 5.11 Å². The maximum atomic E-state index is 12.1. The van der Waals surface area contributed by atoms with E-state index in [1.165, 1.54) is 12.5 Å². The number of hydrogen-bond acceptors (Lipinski definition) is 2. The Kier molecular flexibility index (Phi) is 6.14. The van der Waals surface area contributed by atoms with Gasteiger partial charge in [0, 0.05) is 6.42 Å². The van der Waals surface area contributed by atoms with E-state index < -0.39 is 11.4 Å². The lowest BCUT2D eigenvalue weighted by atomic mass is 9.79. The number of ketones is 1. The molecule has 3 nitrogen and oxygen atoms in total. The minimum Gasteiger partial charge on any atom is -0.481 e. The Labute approximate surface area is 104 Å². The van der Waals surface area contributed by atoms with Gasteiger partial charge in [-0.1, -0.05) is 31.9 Å². The summed E-state index contributed by atoms with van der Waals surface area (Å²) in [6.07, 6.45) is 2.33. The molecule has 0 saturated heterocycles. The molecule has 3 heteroatoms. The fourth-order valence-corrected chi connectivity index (χ4v) is 1.68. The SMILES string of the molecule is CC/C(C)=C(\CC)CC(=O)C(C)(CC)C(=O)O. The fourth-order valence-electron chi connectivity index (χ4n) is 1.68. The maximum absolute atomic E-state index is 12.1. The van der Waals surface area contributed by atoms with E-state index in [9.17, 15) is 9.59 Å². The second-order valence-corrected chi connectivity index (χ2v) is 4.68. The van der Waals surface area contributed by atoms with Gasteiger partial charge in [0.2, 0.25) is 0 Å². The lowest BCUT2D eigenvalue weighted by Gasteiger charge is -2.22. The summed E-state index contributed by atoms with van der Waals surface area (Å²) in [6.45, 7) is 9.33. The summed E-state index contributed by atoms with van der Waals surface area (Å²) in [6, 6.07) is 0. The number of allylic oxidation sites excluding steroid dienone is 2. The molecule has 1 N–H and O–H groups in total. The van der Waals surface area contributed by atoms with Crippen molar-refractivity contribution in [3.05, 3.63) is 11.1 Å². The van der Waals surface area contributed by atoms with Gasteiger partial charge in [0.1, 0.15) is 5.41 Å². The number of carboxylic acids is 1. The van der Waals surface area contributed by atoms with Crippen molar-refractivity contribution < 1.29 is 14.7 Å². The van der Waals surface area contributed by atoms with E-state index in [0.29, 0.717) is 6.42 Å². The van der Waals surface area contributed by atoms with Crippen LogP contribution in [0.25, 0.3) is 0 Å². The van der Waals surface area contributed by atoms with Gasteiger partial charge in [-0.3, -0.25) is 9.59 Å². The maximum Gasteiger partial charge on any atom is 0.316 e. The molecule has 0 aliphatic heterocycles. The van der Waals surface area contributed by atoms with Crippen LogP contribution in [-0.4, -0.2) is 16.9 Å². The summed E-state index contributed by atoms with van der Waals surface area (Å²) in [5.74, 6) is -1.20. The van der Waals surface area contributed by atoms with Crippen molar-refractivity contribution in [1.82, 2.24) is 0 Å². The number of hydrogen-bond donors (Lipinski definition) is 1. The van der Waals surface area contributed by atoms with Crippen molar-refractivity contribution in [3.8, 4) is 0 Å². The van der Waals surface area contributed by atoms with E-state index in [-0.39, 0.29) is 12.2 Å². The standard InChI is InChI=1S/C14H24O3/c1-6-10(4)11(7-2)9-12(15)14(5,8-3)13(16)17/h6-9H2,1-5H3,(H,16,17)/b11-10+. The molecule has 0 aromatic heterocycles. The number of carbonyl (C=O) groups is 2. The quantitative estimate of drug-likeness (QED) is 0.546. The molecule has 98 valence electrons. The number of carbonyl (C=O) groups excluding carboxylic acids is 1. The van der Waals surface area contributed by atoms with Crippen LogP contribution in [0.1, 0.15) is 60.3 Å². The topological polar surface area (TPSA) is 54.4 Å². The van der Waals surface area contributed by atoms with Gasteiger partial charge in [-0.15, -0.1) is 0 Å². The zero-order valence-electron chi connectivity index (χ0n) is 11.6. The Morgan fingerprint density at radius 2 is 1.65 bits per heavy atom. The van der Waals surface area contributed by atoms with E-state index in [0.717, 1.165) is 18.4 Å². The first-order chi connectivity index (χ1) is 7.83. The molecule has 1 unspecified atom stereocenters. The highest BCUT2D eigenvalue weighted by Crippen LogP contribution is 2.28. The van der Waals surface area contributed by atoms with Crippen LogP contribution in [0.4, 0.5) is 0 Å². The average Bonchev–Trinajstić information content (AvgIpc) is 2.32. The third kappa shape index (κ3) is 3.69. The highest BCUT2D eigenvalue weighted by molar-refractivity contribution is 6.03. The third-order valence-electron chi connectivity index (χ3n) is 3.73. The Morgan fingerprint density at radius 1 is 1.12 bits per heavy atom. The summed E-state index contributed by atoms with van der Waals surface area (Å²) < 4.78 is 0. The normalized spacial score (nSPS) is 16.1. The summed E-state index contributed by atoms with van der Waals surface area (Å²) in [5.41, 5.74) is 1.04. The molecule has 0 saturated carbocycles. The van der Waals surface area contributed by atoms with Crippen molar-refractivity contribution in [3.63, 3.8) is 0 Å². The van der Waals surface area contributed by atoms with Crippen LogP contribution in [0.2, 0.25) is 0 Å². The Balaban J connectivity index is 5.03.